The molecule has 2 heterocycles. The summed E-state index contributed by atoms with van der Waals surface area (Å²) < 4.78 is 21.4. The molecular formula is C23H20N4O5. The number of aromatic nitrogens is 3. The standard InChI is InChI=1S/C23H20N4O5/c1-29-18-11-15(12-19(30-2)20(18)31-3)22(28)25-17-9-5-4-8-16(17)23-26-21(27-32-23)14-7-6-10-24-13-14/h4-13H,1-3H3,(H,25,28). The Morgan fingerprint density at radius 1 is 0.969 bits per heavy atom. The second-order valence-corrected chi connectivity index (χ2v) is 6.58. The number of ether oxygens (including phenoxy) is 3. The van der Waals surface area contributed by atoms with E-state index >= 15 is 0 Å². The number of rotatable bonds is 7. The molecule has 0 unspecified atom stereocenters. The first-order chi connectivity index (χ1) is 15.6. The van der Waals surface area contributed by atoms with Crippen molar-refractivity contribution in [2.75, 3.05) is 26.6 Å². The third-order valence-corrected chi connectivity index (χ3v) is 4.68. The van der Waals surface area contributed by atoms with Crippen LogP contribution in [0.2, 0.25) is 0 Å². The van der Waals surface area contributed by atoms with Gasteiger partial charge in [-0.15, -0.1) is 0 Å². The van der Waals surface area contributed by atoms with Crippen LogP contribution in [-0.4, -0.2) is 42.4 Å². The highest BCUT2D eigenvalue weighted by atomic mass is 16.5. The van der Waals surface area contributed by atoms with Gasteiger partial charge in [0.2, 0.25) is 11.6 Å². The second kappa shape index (κ2) is 9.17. The Morgan fingerprint density at radius 2 is 1.72 bits per heavy atom. The van der Waals surface area contributed by atoms with Crippen molar-refractivity contribution in [3.05, 3.63) is 66.5 Å². The lowest BCUT2D eigenvalue weighted by Crippen LogP contribution is -2.13. The van der Waals surface area contributed by atoms with Crippen molar-refractivity contribution in [2.24, 2.45) is 0 Å². The van der Waals surface area contributed by atoms with Crippen molar-refractivity contribution in [3.8, 4) is 40.1 Å². The molecule has 0 bridgehead atoms. The number of nitrogens with zero attached hydrogens (tertiary/aromatic N) is 3. The van der Waals surface area contributed by atoms with Crippen molar-refractivity contribution in [2.45, 2.75) is 0 Å². The topological polar surface area (TPSA) is 109 Å². The molecule has 0 atom stereocenters. The number of anilines is 1. The molecule has 0 radical (unpaired) electrons. The molecule has 4 rings (SSSR count). The van der Waals surface area contributed by atoms with E-state index in [2.05, 4.69) is 20.4 Å². The lowest BCUT2D eigenvalue weighted by atomic mass is 10.1. The molecule has 4 aromatic rings. The maximum atomic E-state index is 13.0. The SMILES string of the molecule is COc1cc(C(=O)Nc2ccccc2-c2nc(-c3cccnc3)no2)cc(OC)c1OC. The number of para-hydroxylation sites is 1. The van der Waals surface area contributed by atoms with E-state index in [1.54, 1.807) is 48.8 Å². The highest BCUT2D eigenvalue weighted by molar-refractivity contribution is 6.06. The van der Waals surface area contributed by atoms with E-state index in [9.17, 15) is 4.79 Å². The molecule has 1 N–H and O–H groups in total. The first-order valence-corrected chi connectivity index (χ1v) is 9.59. The van der Waals surface area contributed by atoms with E-state index in [4.69, 9.17) is 18.7 Å². The van der Waals surface area contributed by atoms with Crippen LogP contribution in [0.3, 0.4) is 0 Å². The minimum atomic E-state index is -0.372. The summed E-state index contributed by atoms with van der Waals surface area (Å²) in [7, 11) is 4.48. The molecule has 9 nitrogen and oxygen atoms in total. The molecule has 2 aromatic heterocycles. The van der Waals surface area contributed by atoms with Gasteiger partial charge >= 0.3 is 0 Å². The Labute approximate surface area is 184 Å². The van der Waals surface area contributed by atoms with Gasteiger partial charge in [0.25, 0.3) is 11.8 Å². The fourth-order valence-electron chi connectivity index (χ4n) is 3.13. The van der Waals surface area contributed by atoms with Crippen molar-refractivity contribution in [1.82, 2.24) is 15.1 Å². The van der Waals surface area contributed by atoms with Crippen molar-refractivity contribution >= 4 is 11.6 Å². The zero-order chi connectivity index (χ0) is 22.5. The molecule has 9 heteroatoms. The van der Waals surface area contributed by atoms with Gasteiger partial charge in [0, 0.05) is 23.5 Å². The number of hydrogen-bond donors (Lipinski definition) is 1. The normalized spacial score (nSPS) is 10.5. The summed E-state index contributed by atoms with van der Waals surface area (Å²) in [5, 5.41) is 6.90. The predicted octanol–water partition coefficient (Wildman–Crippen LogP) is 4.08. The highest BCUT2D eigenvalue weighted by Crippen LogP contribution is 2.38. The number of hydrogen-bond acceptors (Lipinski definition) is 8. The van der Waals surface area contributed by atoms with Gasteiger partial charge in [-0.25, -0.2) is 0 Å². The van der Waals surface area contributed by atoms with Crippen molar-refractivity contribution in [1.29, 1.82) is 0 Å². The van der Waals surface area contributed by atoms with E-state index in [1.807, 2.05) is 12.1 Å². The fraction of sp³-hybridized carbons (Fsp3) is 0.130. The van der Waals surface area contributed by atoms with Gasteiger partial charge < -0.3 is 24.1 Å². The summed E-state index contributed by atoms with van der Waals surface area (Å²) >= 11 is 0. The monoisotopic (exact) mass is 432 g/mol. The van der Waals surface area contributed by atoms with Gasteiger partial charge in [-0.1, -0.05) is 17.3 Å². The average molecular weight is 432 g/mol. The van der Waals surface area contributed by atoms with E-state index in [1.165, 1.54) is 21.3 Å². The number of benzene rings is 2. The van der Waals surface area contributed by atoms with Gasteiger partial charge in [0.05, 0.1) is 32.6 Å². The Hall–Kier alpha value is -4.40. The van der Waals surface area contributed by atoms with Crippen molar-refractivity contribution in [3.63, 3.8) is 0 Å². The van der Waals surface area contributed by atoms with Gasteiger partial charge in [0.15, 0.2) is 11.5 Å². The van der Waals surface area contributed by atoms with Crippen LogP contribution in [0.15, 0.2) is 65.4 Å². The van der Waals surface area contributed by atoms with Crippen LogP contribution in [0, 0.1) is 0 Å². The van der Waals surface area contributed by atoms with Crippen molar-refractivity contribution < 1.29 is 23.5 Å². The molecule has 0 fully saturated rings. The van der Waals surface area contributed by atoms with Gasteiger partial charge in [0.1, 0.15) is 0 Å². The van der Waals surface area contributed by atoms with Crippen LogP contribution in [0.25, 0.3) is 22.8 Å². The maximum Gasteiger partial charge on any atom is 0.260 e. The first-order valence-electron chi connectivity index (χ1n) is 9.59. The van der Waals surface area contributed by atoms with Gasteiger partial charge in [-0.2, -0.15) is 4.98 Å². The molecule has 0 aliphatic heterocycles. The van der Waals surface area contributed by atoms with Crippen LogP contribution in [0.4, 0.5) is 5.69 Å². The quantitative estimate of drug-likeness (QED) is 0.465. The predicted molar refractivity (Wildman–Crippen MR) is 117 cm³/mol. The number of amides is 1. The first kappa shape index (κ1) is 20.9. The van der Waals surface area contributed by atoms with Crippen LogP contribution < -0.4 is 19.5 Å². The molecule has 2 aromatic carbocycles. The smallest absolute Gasteiger partial charge is 0.260 e. The van der Waals surface area contributed by atoms with Crippen LogP contribution in [0.5, 0.6) is 17.2 Å². The van der Waals surface area contributed by atoms with E-state index in [0.717, 1.165) is 5.56 Å². The summed E-state index contributed by atoms with van der Waals surface area (Å²) in [6.45, 7) is 0. The number of carbonyl (C=O) groups excluding carboxylic acids is 1. The zero-order valence-electron chi connectivity index (χ0n) is 17.7. The fourth-order valence-corrected chi connectivity index (χ4v) is 3.13. The zero-order valence-corrected chi connectivity index (χ0v) is 17.7. The van der Waals surface area contributed by atoms with E-state index < -0.39 is 0 Å². The Bertz CT molecular complexity index is 1220. The third kappa shape index (κ3) is 4.08. The Kier molecular flexibility index (Phi) is 5.98. The summed E-state index contributed by atoms with van der Waals surface area (Å²) in [6.07, 6.45) is 3.31. The summed E-state index contributed by atoms with van der Waals surface area (Å²) in [5.41, 5.74) is 2.14. The number of nitrogens with one attached hydrogen (secondary N) is 1. The molecule has 32 heavy (non-hydrogen) atoms. The summed E-state index contributed by atoms with van der Waals surface area (Å²) in [6, 6.07) is 13.9. The van der Waals surface area contributed by atoms with Crippen LogP contribution in [-0.2, 0) is 0 Å². The van der Waals surface area contributed by atoms with E-state index in [0.29, 0.717) is 39.9 Å². The minimum absolute atomic E-state index is 0.268. The molecule has 0 saturated carbocycles. The third-order valence-electron chi connectivity index (χ3n) is 4.68. The number of carbonyl (C=O) groups is 1. The molecule has 0 aliphatic rings. The molecule has 162 valence electrons. The Morgan fingerprint density at radius 3 is 2.38 bits per heavy atom. The molecular weight excluding hydrogens is 412 g/mol. The van der Waals surface area contributed by atoms with Crippen LogP contribution in [0.1, 0.15) is 10.4 Å². The lowest BCUT2D eigenvalue weighted by Gasteiger charge is -2.14. The summed E-state index contributed by atoms with van der Waals surface area (Å²) in [4.78, 5) is 21.5. The molecule has 1 amide bonds. The van der Waals surface area contributed by atoms with E-state index in [-0.39, 0.29) is 11.8 Å². The molecule has 0 aliphatic carbocycles. The van der Waals surface area contributed by atoms with Crippen LogP contribution >= 0.6 is 0 Å². The highest BCUT2D eigenvalue weighted by Gasteiger charge is 2.19. The maximum absolute atomic E-state index is 13.0. The minimum Gasteiger partial charge on any atom is -0.493 e. The largest absolute Gasteiger partial charge is 0.493 e. The number of methoxy groups -OCH3 is 3. The van der Waals surface area contributed by atoms with Gasteiger partial charge in [-0.3, -0.25) is 9.78 Å². The second-order valence-electron chi connectivity index (χ2n) is 6.58. The molecule has 0 saturated heterocycles. The summed E-state index contributed by atoms with van der Waals surface area (Å²) in [5.74, 6) is 1.46. The lowest BCUT2D eigenvalue weighted by molar-refractivity contribution is 0.102. The van der Waals surface area contributed by atoms with Gasteiger partial charge in [-0.05, 0) is 36.4 Å². The average Bonchev–Trinajstić information content (AvgIpc) is 3.34. The number of pyridine rings is 1. The Balaban J connectivity index is 1.65. The molecule has 0 spiro atoms.